The fourth-order valence-corrected chi connectivity index (χ4v) is 3.05. The highest BCUT2D eigenvalue weighted by molar-refractivity contribution is 5.81. The Morgan fingerprint density at radius 3 is 2.28 bits per heavy atom. The summed E-state index contributed by atoms with van der Waals surface area (Å²) < 4.78 is 14.9. The average molecular weight is 333 g/mol. The maximum absolute atomic E-state index is 13.2. The van der Waals surface area contributed by atoms with E-state index in [-0.39, 0.29) is 11.4 Å². The molecule has 2 aromatic carbocycles. The van der Waals surface area contributed by atoms with Gasteiger partial charge in [0.1, 0.15) is 11.5 Å². The number of aromatic nitrogens is 3. The minimum atomic E-state index is -0.318. The van der Waals surface area contributed by atoms with E-state index in [0.717, 1.165) is 22.4 Å². The number of hydrogen-bond donors (Lipinski definition) is 1. The van der Waals surface area contributed by atoms with Crippen LogP contribution in [0, 0.1) is 19.7 Å². The normalized spacial score (nSPS) is 11.2. The summed E-state index contributed by atoms with van der Waals surface area (Å²) in [6, 6.07) is 15.6. The standard InChI is InChI=1S/C20H16FN3O/c1-12-3-5-15(6-4-12)19-13(2)23-24-17(11-18(25)22-20(19)24)14-7-9-16(21)10-8-14/h3-11H,1-2H3,(H,22,25). The molecule has 0 saturated heterocycles. The van der Waals surface area contributed by atoms with E-state index in [1.54, 1.807) is 16.6 Å². The van der Waals surface area contributed by atoms with Crippen molar-refractivity contribution in [2.75, 3.05) is 0 Å². The maximum atomic E-state index is 13.2. The van der Waals surface area contributed by atoms with Gasteiger partial charge < -0.3 is 4.98 Å². The monoisotopic (exact) mass is 333 g/mol. The lowest BCUT2D eigenvalue weighted by Gasteiger charge is -2.06. The molecule has 4 rings (SSSR count). The van der Waals surface area contributed by atoms with Crippen molar-refractivity contribution in [1.29, 1.82) is 0 Å². The molecule has 0 spiro atoms. The second kappa shape index (κ2) is 5.70. The van der Waals surface area contributed by atoms with Gasteiger partial charge in [0.05, 0.1) is 11.4 Å². The predicted octanol–water partition coefficient (Wildman–Crippen LogP) is 4.11. The predicted molar refractivity (Wildman–Crippen MR) is 96.1 cm³/mol. The zero-order valence-corrected chi connectivity index (χ0v) is 13.9. The molecular weight excluding hydrogens is 317 g/mol. The first-order valence-electron chi connectivity index (χ1n) is 7.98. The number of rotatable bonds is 2. The summed E-state index contributed by atoms with van der Waals surface area (Å²) in [5, 5.41) is 4.60. The van der Waals surface area contributed by atoms with Gasteiger partial charge in [0, 0.05) is 17.2 Å². The summed E-state index contributed by atoms with van der Waals surface area (Å²) >= 11 is 0. The molecule has 0 unspecified atom stereocenters. The van der Waals surface area contributed by atoms with Crippen LogP contribution in [-0.4, -0.2) is 14.6 Å². The van der Waals surface area contributed by atoms with Gasteiger partial charge >= 0.3 is 0 Å². The van der Waals surface area contributed by atoms with E-state index in [1.165, 1.54) is 23.8 Å². The van der Waals surface area contributed by atoms with E-state index in [1.807, 2.05) is 38.1 Å². The van der Waals surface area contributed by atoms with Crippen LogP contribution in [0.15, 0.2) is 59.4 Å². The molecule has 5 heteroatoms. The van der Waals surface area contributed by atoms with E-state index in [2.05, 4.69) is 10.1 Å². The first-order chi connectivity index (χ1) is 12.0. The second-order valence-corrected chi connectivity index (χ2v) is 6.11. The third-order valence-corrected chi connectivity index (χ3v) is 4.28. The zero-order valence-electron chi connectivity index (χ0n) is 13.9. The van der Waals surface area contributed by atoms with Crippen LogP contribution in [0.25, 0.3) is 28.0 Å². The van der Waals surface area contributed by atoms with Gasteiger partial charge in [-0.15, -0.1) is 0 Å². The lowest BCUT2D eigenvalue weighted by atomic mass is 10.0. The molecule has 0 saturated carbocycles. The zero-order chi connectivity index (χ0) is 17.6. The van der Waals surface area contributed by atoms with Gasteiger partial charge in [-0.25, -0.2) is 8.91 Å². The first kappa shape index (κ1) is 15.3. The Morgan fingerprint density at radius 2 is 1.60 bits per heavy atom. The van der Waals surface area contributed by atoms with Crippen molar-refractivity contribution in [3.63, 3.8) is 0 Å². The molecule has 2 heterocycles. The number of nitrogens with one attached hydrogen (secondary N) is 1. The summed E-state index contributed by atoms with van der Waals surface area (Å²) in [6.45, 7) is 3.94. The molecule has 0 aliphatic carbocycles. The van der Waals surface area contributed by atoms with Crippen LogP contribution in [0.5, 0.6) is 0 Å². The minimum Gasteiger partial charge on any atom is -0.306 e. The number of fused-ring (bicyclic) bond motifs is 1. The molecule has 4 nitrogen and oxygen atoms in total. The molecule has 0 fully saturated rings. The minimum absolute atomic E-state index is 0.222. The first-order valence-corrected chi connectivity index (χ1v) is 7.98. The molecule has 0 amide bonds. The number of aryl methyl sites for hydroxylation is 2. The van der Waals surface area contributed by atoms with Crippen molar-refractivity contribution in [2.24, 2.45) is 0 Å². The quantitative estimate of drug-likeness (QED) is 0.600. The molecule has 0 atom stereocenters. The van der Waals surface area contributed by atoms with Gasteiger partial charge in [-0.1, -0.05) is 29.8 Å². The van der Waals surface area contributed by atoms with Gasteiger partial charge in [-0.3, -0.25) is 4.79 Å². The van der Waals surface area contributed by atoms with Gasteiger partial charge in [-0.05, 0) is 43.7 Å². The number of halogens is 1. The number of aromatic amines is 1. The van der Waals surface area contributed by atoms with Gasteiger partial charge in [0.25, 0.3) is 5.56 Å². The fraction of sp³-hybridized carbons (Fsp3) is 0.100. The highest BCUT2D eigenvalue weighted by Gasteiger charge is 2.16. The van der Waals surface area contributed by atoms with Crippen LogP contribution < -0.4 is 5.56 Å². The van der Waals surface area contributed by atoms with E-state index >= 15 is 0 Å². The van der Waals surface area contributed by atoms with E-state index in [9.17, 15) is 9.18 Å². The molecule has 0 aliphatic rings. The van der Waals surface area contributed by atoms with Crippen LogP contribution in [0.1, 0.15) is 11.3 Å². The SMILES string of the molecule is Cc1ccc(-c2c(C)nn3c(-c4ccc(F)cc4)cc(=O)[nH]c23)cc1. The summed E-state index contributed by atoms with van der Waals surface area (Å²) in [5.74, 6) is -0.318. The third kappa shape index (κ3) is 2.63. The van der Waals surface area contributed by atoms with Crippen molar-refractivity contribution >= 4 is 5.65 Å². The maximum Gasteiger partial charge on any atom is 0.251 e. The lowest BCUT2D eigenvalue weighted by molar-refractivity contribution is 0.628. The van der Waals surface area contributed by atoms with Crippen molar-refractivity contribution in [3.05, 3.63) is 82.0 Å². The van der Waals surface area contributed by atoms with Gasteiger partial charge in [0.2, 0.25) is 0 Å². The average Bonchev–Trinajstić information content (AvgIpc) is 2.92. The number of benzene rings is 2. The topological polar surface area (TPSA) is 50.2 Å². The Labute approximate surface area is 143 Å². The molecule has 0 radical (unpaired) electrons. The van der Waals surface area contributed by atoms with E-state index in [0.29, 0.717) is 11.3 Å². The van der Waals surface area contributed by atoms with Crippen molar-refractivity contribution in [1.82, 2.24) is 14.6 Å². The Bertz CT molecular complexity index is 1120. The molecule has 25 heavy (non-hydrogen) atoms. The van der Waals surface area contributed by atoms with Crippen LogP contribution >= 0.6 is 0 Å². The van der Waals surface area contributed by atoms with Crippen LogP contribution in [-0.2, 0) is 0 Å². The van der Waals surface area contributed by atoms with E-state index < -0.39 is 0 Å². The van der Waals surface area contributed by atoms with Crippen molar-refractivity contribution < 1.29 is 4.39 Å². The number of H-pyrrole nitrogens is 1. The lowest BCUT2D eigenvalue weighted by Crippen LogP contribution is -2.09. The molecule has 0 bridgehead atoms. The summed E-state index contributed by atoms with van der Waals surface area (Å²) in [5.41, 5.74) is 5.63. The fourth-order valence-electron chi connectivity index (χ4n) is 3.05. The van der Waals surface area contributed by atoms with Crippen LogP contribution in [0.2, 0.25) is 0 Å². The third-order valence-electron chi connectivity index (χ3n) is 4.28. The van der Waals surface area contributed by atoms with Crippen molar-refractivity contribution in [2.45, 2.75) is 13.8 Å². The molecule has 2 aromatic heterocycles. The Hall–Kier alpha value is -3.21. The molecule has 4 aromatic rings. The number of nitrogens with zero attached hydrogens (tertiary/aromatic N) is 2. The molecular formula is C20H16FN3O. The van der Waals surface area contributed by atoms with Gasteiger partial charge in [-0.2, -0.15) is 5.10 Å². The summed E-state index contributed by atoms with van der Waals surface area (Å²) in [7, 11) is 0. The summed E-state index contributed by atoms with van der Waals surface area (Å²) in [6.07, 6.45) is 0. The smallest absolute Gasteiger partial charge is 0.251 e. The molecule has 1 N–H and O–H groups in total. The second-order valence-electron chi connectivity index (χ2n) is 6.11. The molecule has 0 aliphatic heterocycles. The van der Waals surface area contributed by atoms with E-state index in [4.69, 9.17) is 0 Å². The van der Waals surface area contributed by atoms with Crippen molar-refractivity contribution in [3.8, 4) is 22.4 Å². The number of hydrogen-bond acceptors (Lipinski definition) is 2. The Kier molecular flexibility index (Phi) is 3.50. The highest BCUT2D eigenvalue weighted by atomic mass is 19.1. The van der Waals surface area contributed by atoms with Crippen LogP contribution in [0.3, 0.4) is 0 Å². The Balaban J connectivity index is 2.02. The Morgan fingerprint density at radius 1 is 0.960 bits per heavy atom. The van der Waals surface area contributed by atoms with Crippen LogP contribution in [0.4, 0.5) is 4.39 Å². The largest absolute Gasteiger partial charge is 0.306 e. The van der Waals surface area contributed by atoms with Gasteiger partial charge in [0.15, 0.2) is 0 Å². The highest BCUT2D eigenvalue weighted by Crippen LogP contribution is 2.29. The summed E-state index contributed by atoms with van der Waals surface area (Å²) in [4.78, 5) is 15.1. The molecule has 124 valence electrons.